The van der Waals surface area contributed by atoms with E-state index < -0.39 is 32.8 Å². The summed E-state index contributed by atoms with van der Waals surface area (Å²) in [5.74, 6) is -0.996. The molecule has 0 fully saturated rings. The molecule has 2 amide bonds. The summed E-state index contributed by atoms with van der Waals surface area (Å²) in [5, 5.41) is 18.7. The molecule has 0 aliphatic carbocycles. The number of hydrogen-bond acceptors (Lipinski definition) is 8. The first-order valence-corrected chi connectivity index (χ1v) is 14.9. The third-order valence-corrected chi connectivity index (χ3v) is 9.00. The average Bonchev–Trinajstić information content (AvgIpc) is 2.87. The Kier molecular flexibility index (Phi) is 8.88. The van der Waals surface area contributed by atoms with Gasteiger partial charge in [-0.05, 0) is 57.2 Å². The number of carbonyl (C=O) groups excluding carboxylic acids is 2. The van der Waals surface area contributed by atoms with Gasteiger partial charge in [0, 0.05) is 61.3 Å². The topological polar surface area (TPSA) is 151 Å². The van der Waals surface area contributed by atoms with Gasteiger partial charge in [0.1, 0.15) is 0 Å². The summed E-state index contributed by atoms with van der Waals surface area (Å²) >= 11 is 0. The van der Waals surface area contributed by atoms with Crippen molar-refractivity contribution in [3.05, 3.63) is 80.4 Å². The Morgan fingerprint density at radius 3 is 2.15 bits per heavy atom. The van der Waals surface area contributed by atoms with Crippen LogP contribution in [0.15, 0.2) is 47.4 Å². The van der Waals surface area contributed by atoms with E-state index in [0.29, 0.717) is 58.5 Å². The highest BCUT2D eigenvalue weighted by Crippen LogP contribution is 2.34. The SMILES string of the molecule is Cc1cc(C)c(S(=O)(=O)NC(C)CNCCNCC(C)N2C(=O)c3cccc4cc([N+](=O)[O-])cc(c34)C2=O)c(C)c1. The summed E-state index contributed by atoms with van der Waals surface area (Å²) in [6, 6.07) is 10.4. The maximum atomic E-state index is 13.3. The number of aryl methyl sites for hydroxylation is 3. The molecule has 218 valence electrons. The molecular formula is C29H35N5O6S. The van der Waals surface area contributed by atoms with Crippen molar-refractivity contribution >= 4 is 38.3 Å². The van der Waals surface area contributed by atoms with Crippen LogP contribution in [0.3, 0.4) is 0 Å². The van der Waals surface area contributed by atoms with Crippen LogP contribution in [-0.2, 0) is 10.0 Å². The van der Waals surface area contributed by atoms with Gasteiger partial charge in [0.2, 0.25) is 10.0 Å². The van der Waals surface area contributed by atoms with E-state index in [4.69, 9.17) is 0 Å². The summed E-state index contributed by atoms with van der Waals surface area (Å²) in [7, 11) is -3.67. The largest absolute Gasteiger partial charge is 0.314 e. The molecule has 0 aromatic heterocycles. The standard InChI is InChI=1S/C29H35N5O6S/c1-17-11-18(2)27(19(3)12-17)41(39,40)32-20(4)15-30-9-10-31-16-21(5)33-28(35)24-8-6-7-22-13-23(34(37)38)14-25(26(22)24)29(33)36/h6-8,11-14,20-21,30-32H,9-10,15-16H2,1-5H3. The number of hydrogen-bond donors (Lipinski definition) is 3. The molecule has 1 aliphatic heterocycles. The summed E-state index contributed by atoms with van der Waals surface area (Å²) in [5.41, 5.74) is 2.70. The fraction of sp³-hybridized carbons (Fsp3) is 0.379. The highest BCUT2D eigenvalue weighted by atomic mass is 32.2. The Labute approximate surface area is 239 Å². The Morgan fingerprint density at radius 1 is 0.902 bits per heavy atom. The van der Waals surface area contributed by atoms with Crippen LogP contribution < -0.4 is 15.4 Å². The van der Waals surface area contributed by atoms with Gasteiger partial charge in [0.15, 0.2) is 0 Å². The molecule has 12 heteroatoms. The molecule has 11 nitrogen and oxygen atoms in total. The molecule has 3 aromatic carbocycles. The molecule has 3 aromatic rings. The van der Waals surface area contributed by atoms with Crippen LogP contribution in [0.2, 0.25) is 0 Å². The molecule has 0 saturated carbocycles. The summed E-state index contributed by atoms with van der Waals surface area (Å²) in [6.45, 7) is 10.8. The van der Waals surface area contributed by atoms with Crippen LogP contribution in [0.25, 0.3) is 10.8 Å². The van der Waals surface area contributed by atoms with E-state index in [1.807, 2.05) is 19.1 Å². The van der Waals surface area contributed by atoms with Crippen LogP contribution in [0.4, 0.5) is 5.69 Å². The number of imide groups is 1. The first kappa shape index (κ1) is 30.3. The Balaban J connectivity index is 1.29. The first-order chi connectivity index (χ1) is 19.3. The van der Waals surface area contributed by atoms with Crippen molar-refractivity contribution in [2.45, 2.75) is 51.6 Å². The molecule has 1 heterocycles. The summed E-state index contributed by atoms with van der Waals surface area (Å²) < 4.78 is 28.6. The Morgan fingerprint density at radius 2 is 1.51 bits per heavy atom. The molecule has 0 saturated heterocycles. The smallest absolute Gasteiger partial charge is 0.270 e. The zero-order chi connectivity index (χ0) is 30.1. The highest BCUT2D eigenvalue weighted by Gasteiger charge is 2.36. The van der Waals surface area contributed by atoms with E-state index in [2.05, 4.69) is 15.4 Å². The third-order valence-electron chi connectivity index (χ3n) is 7.11. The van der Waals surface area contributed by atoms with E-state index in [0.717, 1.165) is 10.5 Å². The molecule has 4 rings (SSSR count). The molecular weight excluding hydrogens is 546 g/mol. The van der Waals surface area contributed by atoms with Crippen molar-refractivity contribution in [2.75, 3.05) is 26.2 Å². The van der Waals surface area contributed by atoms with Crippen LogP contribution in [0.1, 0.15) is 51.3 Å². The molecule has 0 radical (unpaired) electrons. The molecule has 3 N–H and O–H groups in total. The zero-order valence-corrected chi connectivity index (χ0v) is 24.6. The van der Waals surface area contributed by atoms with Crippen molar-refractivity contribution in [2.24, 2.45) is 0 Å². The van der Waals surface area contributed by atoms with E-state index in [1.165, 1.54) is 12.1 Å². The minimum absolute atomic E-state index is 0.144. The van der Waals surface area contributed by atoms with Crippen molar-refractivity contribution in [1.29, 1.82) is 0 Å². The van der Waals surface area contributed by atoms with E-state index in [1.54, 1.807) is 45.9 Å². The zero-order valence-electron chi connectivity index (χ0n) is 23.8. The molecule has 0 bridgehead atoms. The number of nitrogens with one attached hydrogen (secondary N) is 3. The fourth-order valence-electron chi connectivity index (χ4n) is 5.47. The highest BCUT2D eigenvalue weighted by molar-refractivity contribution is 7.89. The minimum Gasteiger partial charge on any atom is -0.314 e. The maximum absolute atomic E-state index is 13.3. The third kappa shape index (κ3) is 6.30. The quantitative estimate of drug-likeness (QED) is 0.128. The average molecular weight is 582 g/mol. The number of amides is 2. The van der Waals surface area contributed by atoms with Crippen LogP contribution in [0.5, 0.6) is 0 Å². The second-order valence-electron chi connectivity index (χ2n) is 10.6. The lowest BCUT2D eigenvalue weighted by molar-refractivity contribution is -0.384. The number of rotatable bonds is 12. The predicted molar refractivity (Wildman–Crippen MR) is 157 cm³/mol. The lowest BCUT2D eigenvalue weighted by Gasteiger charge is -2.32. The van der Waals surface area contributed by atoms with Gasteiger partial charge in [-0.3, -0.25) is 24.6 Å². The maximum Gasteiger partial charge on any atom is 0.270 e. The number of carbonyl (C=O) groups is 2. The van der Waals surface area contributed by atoms with Gasteiger partial charge in [-0.15, -0.1) is 0 Å². The fourth-order valence-corrected chi connectivity index (χ4v) is 7.17. The summed E-state index contributed by atoms with van der Waals surface area (Å²) in [4.78, 5) is 38.8. The Hall–Kier alpha value is -3.71. The van der Waals surface area contributed by atoms with Gasteiger partial charge in [0.25, 0.3) is 17.5 Å². The van der Waals surface area contributed by atoms with E-state index >= 15 is 0 Å². The van der Waals surface area contributed by atoms with E-state index in [9.17, 15) is 28.1 Å². The molecule has 2 unspecified atom stereocenters. The van der Waals surface area contributed by atoms with E-state index in [-0.39, 0.29) is 17.3 Å². The van der Waals surface area contributed by atoms with Gasteiger partial charge >= 0.3 is 0 Å². The predicted octanol–water partition coefficient (Wildman–Crippen LogP) is 3.20. The van der Waals surface area contributed by atoms with Crippen LogP contribution in [-0.4, -0.2) is 68.3 Å². The van der Waals surface area contributed by atoms with Crippen LogP contribution in [0, 0.1) is 30.9 Å². The van der Waals surface area contributed by atoms with Crippen LogP contribution >= 0.6 is 0 Å². The first-order valence-electron chi connectivity index (χ1n) is 13.4. The van der Waals surface area contributed by atoms with Crippen molar-refractivity contribution in [3.63, 3.8) is 0 Å². The number of nitro benzene ring substituents is 1. The normalized spacial score (nSPS) is 14.9. The second-order valence-corrected chi connectivity index (χ2v) is 12.3. The lowest BCUT2D eigenvalue weighted by atomic mass is 9.92. The Bertz CT molecular complexity index is 1620. The number of sulfonamides is 1. The number of benzene rings is 3. The van der Waals surface area contributed by atoms with Crippen molar-refractivity contribution < 1.29 is 22.9 Å². The van der Waals surface area contributed by atoms with Crippen molar-refractivity contribution in [1.82, 2.24) is 20.3 Å². The molecule has 41 heavy (non-hydrogen) atoms. The molecule has 1 aliphatic rings. The van der Waals surface area contributed by atoms with Gasteiger partial charge in [0.05, 0.1) is 15.4 Å². The minimum atomic E-state index is -3.67. The monoisotopic (exact) mass is 581 g/mol. The molecule has 0 spiro atoms. The molecule has 2 atom stereocenters. The van der Waals surface area contributed by atoms with Gasteiger partial charge in [-0.2, -0.15) is 0 Å². The number of nitrogens with zero attached hydrogens (tertiary/aromatic N) is 2. The second kappa shape index (κ2) is 12.0. The lowest BCUT2D eigenvalue weighted by Crippen LogP contribution is -2.50. The van der Waals surface area contributed by atoms with Gasteiger partial charge in [-0.1, -0.05) is 29.8 Å². The summed E-state index contributed by atoms with van der Waals surface area (Å²) in [6.07, 6.45) is 0. The van der Waals surface area contributed by atoms with Crippen molar-refractivity contribution in [3.8, 4) is 0 Å². The number of nitro groups is 1. The van der Waals surface area contributed by atoms with Gasteiger partial charge < -0.3 is 10.6 Å². The van der Waals surface area contributed by atoms with Gasteiger partial charge in [-0.25, -0.2) is 13.1 Å². The number of non-ortho nitro benzene ring substituents is 1.